The second-order valence-corrected chi connectivity index (χ2v) is 17.4. The van der Waals surface area contributed by atoms with Crippen molar-refractivity contribution >= 4 is 0 Å². The van der Waals surface area contributed by atoms with E-state index in [4.69, 9.17) is 0 Å². The highest BCUT2D eigenvalue weighted by atomic mass is 15.4. The Bertz CT molecular complexity index is 538. The maximum atomic E-state index is 2.70. The van der Waals surface area contributed by atoms with Crippen LogP contribution in [-0.4, -0.2) is 30.2 Å². The van der Waals surface area contributed by atoms with Gasteiger partial charge in [-0.1, -0.05) is 233 Å². The van der Waals surface area contributed by atoms with Crippen molar-refractivity contribution in [2.45, 2.75) is 297 Å². The standard InChI is InChI=1S/C49H102N/c1-6-10-14-18-22-26-30-34-38-42-46-50(47-43-39-35-31-27-23-19-15-11-7-2,48-44-40-36-32-28-24-20-16-12-8-3)49(5)45-41-37-33-29-25-21-17-13-9-4/h49H,6-48H2,1-5H3/q+1. The van der Waals surface area contributed by atoms with Gasteiger partial charge in [0.15, 0.2) is 0 Å². The third-order valence-electron chi connectivity index (χ3n) is 12.5. The van der Waals surface area contributed by atoms with E-state index in [0.29, 0.717) is 0 Å². The smallest absolute Gasteiger partial charge is 0.0861 e. The summed E-state index contributed by atoms with van der Waals surface area (Å²) in [6.07, 6.45) is 58.5. The van der Waals surface area contributed by atoms with E-state index in [0.717, 1.165) is 6.04 Å². The summed E-state index contributed by atoms with van der Waals surface area (Å²) in [6.45, 7) is 16.5. The molecule has 0 saturated heterocycles. The predicted molar refractivity (Wildman–Crippen MR) is 232 cm³/mol. The lowest BCUT2D eigenvalue weighted by Gasteiger charge is -2.45. The number of unbranched alkanes of at least 4 members (excludes halogenated alkanes) is 35. The Morgan fingerprint density at radius 3 is 0.640 bits per heavy atom. The highest BCUT2D eigenvalue weighted by molar-refractivity contribution is 4.61. The molecule has 0 bridgehead atoms. The van der Waals surface area contributed by atoms with E-state index < -0.39 is 0 Å². The van der Waals surface area contributed by atoms with Crippen LogP contribution in [0.3, 0.4) is 0 Å². The molecule has 1 heteroatoms. The molecule has 1 atom stereocenters. The van der Waals surface area contributed by atoms with E-state index in [1.54, 1.807) is 0 Å². The fourth-order valence-electron chi connectivity index (χ4n) is 8.76. The Kier molecular flexibility index (Phi) is 41.7. The van der Waals surface area contributed by atoms with Crippen LogP contribution in [0.5, 0.6) is 0 Å². The second kappa shape index (κ2) is 41.7. The molecule has 0 rings (SSSR count). The van der Waals surface area contributed by atoms with Crippen molar-refractivity contribution in [2.75, 3.05) is 19.6 Å². The van der Waals surface area contributed by atoms with Gasteiger partial charge in [0.05, 0.1) is 25.7 Å². The van der Waals surface area contributed by atoms with Gasteiger partial charge in [-0.15, -0.1) is 0 Å². The molecule has 1 unspecified atom stereocenters. The summed E-state index contributed by atoms with van der Waals surface area (Å²) in [6, 6.07) is 0.857. The molecule has 0 aliphatic rings. The van der Waals surface area contributed by atoms with Gasteiger partial charge in [0.1, 0.15) is 0 Å². The first-order chi connectivity index (χ1) is 24.7. The number of nitrogens with zero attached hydrogens (tertiary/aromatic N) is 1. The Hall–Kier alpha value is -0.0400. The summed E-state index contributed by atoms with van der Waals surface area (Å²) in [5.74, 6) is 0. The van der Waals surface area contributed by atoms with Crippen molar-refractivity contribution in [2.24, 2.45) is 0 Å². The zero-order valence-corrected chi connectivity index (χ0v) is 36.4. The Labute approximate surface area is 320 Å². The SMILES string of the molecule is CCCCCCCCCCCC[N+](CCCCCCCCCCCC)(CCCCCCCCCCCC)C(C)CCCCCCCCCCC. The lowest BCUT2D eigenvalue weighted by atomic mass is 9.99. The predicted octanol–water partition coefficient (Wildman–Crippen LogP) is 17.9. The highest BCUT2D eigenvalue weighted by Gasteiger charge is 2.32. The van der Waals surface area contributed by atoms with Gasteiger partial charge >= 0.3 is 0 Å². The van der Waals surface area contributed by atoms with Crippen LogP contribution in [0.25, 0.3) is 0 Å². The van der Waals surface area contributed by atoms with Crippen LogP contribution in [0.2, 0.25) is 0 Å². The van der Waals surface area contributed by atoms with Gasteiger partial charge in [0, 0.05) is 0 Å². The fraction of sp³-hybridized carbons (Fsp3) is 1.00. The molecule has 0 aliphatic carbocycles. The third-order valence-corrected chi connectivity index (χ3v) is 12.5. The normalized spacial score (nSPS) is 12.7. The summed E-state index contributed by atoms with van der Waals surface area (Å²) in [5, 5.41) is 0. The van der Waals surface area contributed by atoms with Crippen molar-refractivity contribution in [3.05, 3.63) is 0 Å². The zero-order chi connectivity index (χ0) is 36.5. The molecular formula is C49H102N+. The molecule has 0 aromatic heterocycles. The summed E-state index contributed by atoms with van der Waals surface area (Å²) in [5.41, 5.74) is 0. The molecule has 0 fully saturated rings. The molecule has 302 valence electrons. The van der Waals surface area contributed by atoms with E-state index >= 15 is 0 Å². The average Bonchev–Trinajstić information content (AvgIpc) is 3.12. The summed E-state index contributed by atoms with van der Waals surface area (Å²) >= 11 is 0. The molecule has 0 saturated carbocycles. The third kappa shape index (κ3) is 33.8. The van der Waals surface area contributed by atoms with Gasteiger partial charge in [0.25, 0.3) is 0 Å². The van der Waals surface area contributed by atoms with Crippen LogP contribution in [0.15, 0.2) is 0 Å². The first kappa shape index (κ1) is 50.0. The molecule has 0 aliphatic heterocycles. The van der Waals surface area contributed by atoms with Gasteiger partial charge in [-0.2, -0.15) is 0 Å². The van der Waals surface area contributed by atoms with Gasteiger partial charge in [-0.25, -0.2) is 0 Å². The Morgan fingerprint density at radius 1 is 0.240 bits per heavy atom. The monoisotopic (exact) mass is 705 g/mol. The quantitative estimate of drug-likeness (QED) is 0.0437. The Morgan fingerprint density at radius 2 is 0.420 bits per heavy atom. The first-order valence-corrected chi connectivity index (χ1v) is 24.5. The van der Waals surface area contributed by atoms with E-state index in [2.05, 4.69) is 34.6 Å². The molecular weight excluding hydrogens is 603 g/mol. The minimum Gasteiger partial charge on any atom is -0.321 e. The van der Waals surface area contributed by atoms with Gasteiger partial charge in [0.2, 0.25) is 0 Å². The molecule has 0 aromatic carbocycles. The van der Waals surface area contributed by atoms with Crippen molar-refractivity contribution in [3.8, 4) is 0 Å². The van der Waals surface area contributed by atoms with E-state index in [1.165, 1.54) is 281 Å². The molecule has 0 N–H and O–H groups in total. The number of hydrogen-bond acceptors (Lipinski definition) is 0. The molecule has 0 spiro atoms. The van der Waals surface area contributed by atoms with Crippen molar-refractivity contribution < 1.29 is 4.48 Å². The minimum atomic E-state index is 0.857. The van der Waals surface area contributed by atoms with Crippen LogP contribution in [0.4, 0.5) is 0 Å². The highest BCUT2D eigenvalue weighted by Crippen LogP contribution is 2.26. The number of quaternary nitrogens is 1. The zero-order valence-electron chi connectivity index (χ0n) is 36.4. The van der Waals surface area contributed by atoms with Gasteiger partial charge in [-0.05, 0) is 58.3 Å². The molecule has 50 heavy (non-hydrogen) atoms. The first-order valence-electron chi connectivity index (χ1n) is 24.5. The van der Waals surface area contributed by atoms with Gasteiger partial charge in [-0.3, -0.25) is 0 Å². The van der Waals surface area contributed by atoms with Gasteiger partial charge < -0.3 is 4.48 Å². The lowest BCUT2D eigenvalue weighted by molar-refractivity contribution is -0.950. The molecule has 1 nitrogen and oxygen atoms in total. The summed E-state index contributed by atoms with van der Waals surface area (Å²) < 4.78 is 1.47. The molecule has 0 aromatic rings. The average molecular weight is 705 g/mol. The van der Waals surface area contributed by atoms with Crippen molar-refractivity contribution in [1.82, 2.24) is 0 Å². The fourth-order valence-corrected chi connectivity index (χ4v) is 8.76. The summed E-state index contributed by atoms with van der Waals surface area (Å²) in [7, 11) is 0. The largest absolute Gasteiger partial charge is 0.321 e. The number of hydrogen-bond donors (Lipinski definition) is 0. The Balaban J connectivity index is 5.04. The van der Waals surface area contributed by atoms with Crippen LogP contribution >= 0.6 is 0 Å². The van der Waals surface area contributed by atoms with E-state index in [9.17, 15) is 0 Å². The summed E-state index contributed by atoms with van der Waals surface area (Å²) in [4.78, 5) is 0. The lowest BCUT2D eigenvalue weighted by Crippen LogP contribution is -2.56. The maximum absolute atomic E-state index is 2.70. The van der Waals surface area contributed by atoms with Crippen molar-refractivity contribution in [3.63, 3.8) is 0 Å². The molecule has 0 radical (unpaired) electrons. The second-order valence-electron chi connectivity index (χ2n) is 17.4. The topological polar surface area (TPSA) is 0 Å². The van der Waals surface area contributed by atoms with E-state index in [-0.39, 0.29) is 0 Å². The van der Waals surface area contributed by atoms with E-state index in [1.807, 2.05) is 0 Å². The van der Waals surface area contributed by atoms with Crippen LogP contribution in [0, 0.1) is 0 Å². The van der Waals surface area contributed by atoms with Crippen LogP contribution in [0.1, 0.15) is 291 Å². The van der Waals surface area contributed by atoms with Crippen LogP contribution < -0.4 is 0 Å². The van der Waals surface area contributed by atoms with Crippen molar-refractivity contribution in [1.29, 1.82) is 0 Å². The molecule has 0 amide bonds. The number of rotatable bonds is 44. The maximum Gasteiger partial charge on any atom is 0.0861 e. The van der Waals surface area contributed by atoms with Crippen LogP contribution in [-0.2, 0) is 0 Å². The molecule has 0 heterocycles. The minimum absolute atomic E-state index is 0.857.